The van der Waals surface area contributed by atoms with E-state index in [9.17, 15) is 4.79 Å². The molecule has 0 radical (unpaired) electrons. The molecule has 0 aliphatic heterocycles. The second-order valence-corrected chi connectivity index (χ2v) is 2.85. The summed E-state index contributed by atoms with van der Waals surface area (Å²) in [5.41, 5.74) is 0.406. The number of aromatic nitrogens is 3. The highest BCUT2D eigenvalue weighted by Crippen LogP contribution is 2.05. The van der Waals surface area contributed by atoms with Gasteiger partial charge in [0.1, 0.15) is 0 Å². The molecule has 0 fully saturated rings. The Bertz CT molecular complexity index is 465. The first kappa shape index (κ1) is 9.39. The van der Waals surface area contributed by atoms with Gasteiger partial charge in [0.25, 0.3) is 0 Å². The molecule has 0 aliphatic carbocycles. The predicted molar refractivity (Wildman–Crippen MR) is 52.7 cm³/mol. The molecule has 0 unspecified atom stereocenters. The number of methoxy groups -OCH3 is 1. The maximum absolute atomic E-state index is 11.2. The Morgan fingerprint density at radius 2 is 2.33 bits per heavy atom. The van der Waals surface area contributed by atoms with Crippen LogP contribution in [-0.4, -0.2) is 27.8 Å². The first-order valence-electron chi connectivity index (χ1n) is 4.35. The lowest BCUT2D eigenvalue weighted by Gasteiger charge is -1.97. The fraction of sp³-hybridized carbons (Fsp3) is 0.100. The molecule has 2 aromatic heterocycles. The molecular formula is C10H9N3O2. The van der Waals surface area contributed by atoms with Crippen molar-refractivity contribution in [1.82, 2.24) is 14.8 Å². The van der Waals surface area contributed by atoms with Crippen LogP contribution in [0.4, 0.5) is 0 Å². The number of pyridine rings is 1. The minimum atomic E-state index is -0.405. The van der Waals surface area contributed by atoms with Crippen molar-refractivity contribution in [1.29, 1.82) is 0 Å². The lowest BCUT2D eigenvalue weighted by molar-refractivity contribution is 0.0600. The van der Waals surface area contributed by atoms with Gasteiger partial charge in [-0.1, -0.05) is 6.07 Å². The summed E-state index contributed by atoms with van der Waals surface area (Å²) in [4.78, 5) is 15.3. The third kappa shape index (κ3) is 1.85. The van der Waals surface area contributed by atoms with Crippen LogP contribution in [-0.2, 0) is 4.74 Å². The zero-order valence-electron chi connectivity index (χ0n) is 8.12. The van der Waals surface area contributed by atoms with E-state index in [2.05, 4.69) is 14.8 Å². The summed E-state index contributed by atoms with van der Waals surface area (Å²) < 4.78 is 6.09. The summed E-state index contributed by atoms with van der Waals surface area (Å²) in [7, 11) is 1.33. The Kier molecular flexibility index (Phi) is 2.45. The Hall–Kier alpha value is -2.17. The van der Waals surface area contributed by atoms with E-state index in [1.54, 1.807) is 18.5 Å². The van der Waals surface area contributed by atoms with Crippen molar-refractivity contribution in [2.24, 2.45) is 0 Å². The first-order valence-corrected chi connectivity index (χ1v) is 4.35. The summed E-state index contributed by atoms with van der Waals surface area (Å²) in [6.45, 7) is 0. The van der Waals surface area contributed by atoms with Gasteiger partial charge in [-0.25, -0.2) is 14.5 Å². The monoisotopic (exact) mass is 203 g/mol. The van der Waals surface area contributed by atoms with Crippen molar-refractivity contribution < 1.29 is 9.53 Å². The average molecular weight is 203 g/mol. The third-order valence-corrected chi connectivity index (χ3v) is 1.89. The van der Waals surface area contributed by atoms with Gasteiger partial charge >= 0.3 is 5.97 Å². The average Bonchev–Trinajstić information content (AvgIpc) is 2.78. The molecule has 0 saturated heterocycles. The number of hydrogen-bond donors (Lipinski definition) is 0. The van der Waals surface area contributed by atoms with E-state index in [4.69, 9.17) is 0 Å². The molecule has 5 heteroatoms. The van der Waals surface area contributed by atoms with Crippen molar-refractivity contribution >= 4 is 5.97 Å². The zero-order chi connectivity index (χ0) is 10.7. The third-order valence-electron chi connectivity index (χ3n) is 1.89. The minimum Gasteiger partial charge on any atom is -0.465 e. The van der Waals surface area contributed by atoms with Crippen molar-refractivity contribution in [3.05, 3.63) is 42.4 Å². The van der Waals surface area contributed by atoms with Crippen molar-refractivity contribution in [3.63, 3.8) is 0 Å². The number of carbonyl (C=O) groups excluding carboxylic acids is 1. The molecule has 2 aromatic rings. The minimum absolute atomic E-state index is 0.405. The van der Waals surface area contributed by atoms with Gasteiger partial charge in [-0.2, -0.15) is 5.10 Å². The van der Waals surface area contributed by atoms with Gasteiger partial charge in [0, 0.05) is 12.4 Å². The fourth-order valence-electron chi connectivity index (χ4n) is 1.16. The SMILES string of the molecule is COC(=O)c1cnn(-c2ccccn2)c1. The molecule has 0 bridgehead atoms. The van der Waals surface area contributed by atoms with E-state index in [1.165, 1.54) is 18.0 Å². The summed E-state index contributed by atoms with van der Waals surface area (Å²) in [5.74, 6) is 0.254. The molecule has 0 aromatic carbocycles. The molecule has 76 valence electrons. The lowest BCUT2D eigenvalue weighted by Crippen LogP contribution is -2.00. The van der Waals surface area contributed by atoms with Crippen LogP contribution in [0.2, 0.25) is 0 Å². The van der Waals surface area contributed by atoms with Gasteiger partial charge in [-0.3, -0.25) is 0 Å². The number of esters is 1. The Morgan fingerprint density at radius 1 is 1.47 bits per heavy atom. The van der Waals surface area contributed by atoms with E-state index >= 15 is 0 Å². The molecule has 15 heavy (non-hydrogen) atoms. The highest BCUT2D eigenvalue weighted by Gasteiger charge is 2.08. The predicted octanol–water partition coefficient (Wildman–Crippen LogP) is 1.05. The van der Waals surface area contributed by atoms with Crippen LogP contribution in [0.1, 0.15) is 10.4 Å². The van der Waals surface area contributed by atoms with Gasteiger partial charge in [0.15, 0.2) is 5.82 Å². The van der Waals surface area contributed by atoms with Gasteiger partial charge in [0.05, 0.1) is 18.9 Å². The van der Waals surface area contributed by atoms with Crippen LogP contribution in [0.5, 0.6) is 0 Å². The molecule has 0 aliphatic rings. The summed E-state index contributed by atoms with van der Waals surface area (Å²) in [5, 5.41) is 4.01. The fourth-order valence-corrected chi connectivity index (χ4v) is 1.16. The molecule has 5 nitrogen and oxygen atoms in total. The smallest absolute Gasteiger partial charge is 0.341 e. The molecule has 2 heterocycles. The van der Waals surface area contributed by atoms with E-state index in [0.717, 1.165) is 0 Å². The second-order valence-electron chi connectivity index (χ2n) is 2.85. The summed E-state index contributed by atoms with van der Waals surface area (Å²) in [6.07, 6.45) is 4.68. The number of carbonyl (C=O) groups is 1. The topological polar surface area (TPSA) is 57.0 Å². The Labute approximate surface area is 86.3 Å². The normalized spacial score (nSPS) is 9.93. The Balaban J connectivity index is 2.32. The molecule has 0 saturated carbocycles. The molecule has 0 atom stereocenters. The standard InChI is InChI=1S/C10H9N3O2/c1-15-10(14)8-6-12-13(7-8)9-4-2-3-5-11-9/h2-7H,1H3. The van der Waals surface area contributed by atoms with Crippen LogP contribution in [0.15, 0.2) is 36.8 Å². The largest absolute Gasteiger partial charge is 0.465 e. The van der Waals surface area contributed by atoms with Crippen LogP contribution in [0.25, 0.3) is 5.82 Å². The molecule has 0 amide bonds. The van der Waals surface area contributed by atoms with E-state index in [0.29, 0.717) is 11.4 Å². The molecule has 2 rings (SSSR count). The van der Waals surface area contributed by atoms with E-state index < -0.39 is 5.97 Å². The lowest BCUT2D eigenvalue weighted by atomic mass is 10.4. The Morgan fingerprint density at radius 3 is 3.00 bits per heavy atom. The van der Waals surface area contributed by atoms with Crippen molar-refractivity contribution in [2.45, 2.75) is 0 Å². The second kappa shape index (κ2) is 3.91. The zero-order valence-corrected chi connectivity index (χ0v) is 8.12. The number of nitrogens with zero attached hydrogens (tertiary/aromatic N) is 3. The quantitative estimate of drug-likeness (QED) is 0.684. The molecule has 0 N–H and O–H groups in total. The van der Waals surface area contributed by atoms with Crippen LogP contribution in [0.3, 0.4) is 0 Å². The molecular weight excluding hydrogens is 194 g/mol. The van der Waals surface area contributed by atoms with Gasteiger partial charge in [0.2, 0.25) is 0 Å². The van der Waals surface area contributed by atoms with Crippen molar-refractivity contribution in [2.75, 3.05) is 7.11 Å². The highest BCUT2D eigenvalue weighted by atomic mass is 16.5. The van der Waals surface area contributed by atoms with Crippen LogP contribution >= 0.6 is 0 Å². The summed E-state index contributed by atoms with van der Waals surface area (Å²) in [6, 6.07) is 5.46. The first-order chi connectivity index (χ1) is 7.31. The number of rotatable bonds is 2. The maximum Gasteiger partial charge on any atom is 0.341 e. The van der Waals surface area contributed by atoms with Gasteiger partial charge in [-0.15, -0.1) is 0 Å². The van der Waals surface area contributed by atoms with Gasteiger partial charge < -0.3 is 4.74 Å². The van der Waals surface area contributed by atoms with Crippen LogP contribution < -0.4 is 0 Å². The maximum atomic E-state index is 11.2. The highest BCUT2D eigenvalue weighted by molar-refractivity contribution is 5.88. The van der Waals surface area contributed by atoms with Crippen molar-refractivity contribution in [3.8, 4) is 5.82 Å². The number of hydrogen-bond acceptors (Lipinski definition) is 4. The van der Waals surface area contributed by atoms with Crippen LogP contribution in [0, 0.1) is 0 Å². The molecule has 0 spiro atoms. The van der Waals surface area contributed by atoms with Gasteiger partial charge in [-0.05, 0) is 12.1 Å². The number of ether oxygens (including phenoxy) is 1. The van der Waals surface area contributed by atoms with E-state index in [-0.39, 0.29) is 0 Å². The summed E-state index contributed by atoms with van der Waals surface area (Å²) >= 11 is 0. The van der Waals surface area contributed by atoms with E-state index in [1.807, 2.05) is 12.1 Å².